The van der Waals surface area contributed by atoms with Gasteiger partial charge >= 0.3 is 0 Å². The molecule has 0 bridgehead atoms. The number of ether oxygens (including phenoxy) is 1. The standard InChI is InChI=1S/C20H23N3O3S2/c24-10-13-27-20-21-16-14-17(15-4-2-1-3-5-15)28-18(16)19(25)23(20)7-6-22-8-11-26-12-9-22/h1-5,14,24H,6-13H2/p+1. The first-order valence-electron chi connectivity index (χ1n) is 9.51. The van der Waals surface area contributed by atoms with Crippen LogP contribution in [0.4, 0.5) is 0 Å². The highest BCUT2D eigenvalue weighted by molar-refractivity contribution is 7.99. The Morgan fingerprint density at radius 3 is 2.79 bits per heavy atom. The van der Waals surface area contributed by atoms with E-state index in [1.165, 1.54) is 28.0 Å². The van der Waals surface area contributed by atoms with E-state index in [0.717, 1.165) is 48.8 Å². The van der Waals surface area contributed by atoms with Gasteiger partial charge < -0.3 is 14.7 Å². The van der Waals surface area contributed by atoms with Crippen molar-refractivity contribution in [3.8, 4) is 10.4 Å². The number of hydrogen-bond donors (Lipinski definition) is 2. The van der Waals surface area contributed by atoms with Gasteiger partial charge in [0.25, 0.3) is 5.56 Å². The van der Waals surface area contributed by atoms with Crippen LogP contribution in [0.15, 0.2) is 46.3 Å². The van der Waals surface area contributed by atoms with Crippen LogP contribution in [-0.2, 0) is 11.3 Å². The SMILES string of the molecule is O=c1c2sc(-c3ccccc3)cc2nc(SCCO)n1CC[NH+]1CCOCC1. The minimum atomic E-state index is 0.0188. The van der Waals surface area contributed by atoms with Crippen LogP contribution in [-0.4, -0.2) is 59.9 Å². The van der Waals surface area contributed by atoms with Crippen molar-refractivity contribution in [2.45, 2.75) is 11.7 Å². The average molecular weight is 419 g/mol. The van der Waals surface area contributed by atoms with Gasteiger partial charge in [-0.25, -0.2) is 4.98 Å². The van der Waals surface area contributed by atoms with Crippen molar-refractivity contribution in [2.24, 2.45) is 0 Å². The van der Waals surface area contributed by atoms with Gasteiger partial charge in [-0.3, -0.25) is 9.36 Å². The summed E-state index contributed by atoms with van der Waals surface area (Å²) < 4.78 is 7.91. The summed E-state index contributed by atoms with van der Waals surface area (Å²) >= 11 is 2.94. The third-order valence-corrected chi connectivity index (χ3v) is 6.99. The van der Waals surface area contributed by atoms with Gasteiger partial charge in [0.2, 0.25) is 0 Å². The lowest BCUT2D eigenvalue weighted by molar-refractivity contribution is -0.908. The second kappa shape index (κ2) is 9.19. The fourth-order valence-electron chi connectivity index (χ4n) is 3.36. The molecule has 28 heavy (non-hydrogen) atoms. The average Bonchev–Trinajstić information content (AvgIpc) is 3.17. The van der Waals surface area contributed by atoms with E-state index in [9.17, 15) is 9.90 Å². The molecule has 1 fully saturated rings. The number of aromatic nitrogens is 2. The van der Waals surface area contributed by atoms with Crippen LogP contribution in [0, 0.1) is 0 Å². The molecule has 2 N–H and O–H groups in total. The van der Waals surface area contributed by atoms with Crippen molar-refractivity contribution in [3.63, 3.8) is 0 Å². The topological polar surface area (TPSA) is 68.8 Å². The molecule has 0 unspecified atom stereocenters. The summed E-state index contributed by atoms with van der Waals surface area (Å²) in [5.41, 5.74) is 1.85. The molecule has 3 aromatic rings. The summed E-state index contributed by atoms with van der Waals surface area (Å²) in [6.45, 7) is 5.06. The smallest absolute Gasteiger partial charge is 0.272 e. The maximum Gasteiger partial charge on any atom is 0.272 e. The minimum Gasteiger partial charge on any atom is -0.396 e. The zero-order valence-electron chi connectivity index (χ0n) is 15.6. The van der Waals surface area contributed by atoms with Crippen LogP contribution < -0.4 is 10.5 Å². The largest absolute Gasteiger partial charge is 0.396 e. The van der Waals surface area contributed by atoms with Gasteiger partial charge in [0, 0.05) is 10.6 Å². The molecule has 0 aliphatic carbocycles. The Labute approximate surface area is 171 Å². The highest BCUT2D eigenvalue weighted by atomic mass is 32.2. The second-order valence-corrected chi connectivity index (χ2v) is 8.84. The summed E-state index contributed by atoms with van der Waals surface area (Å²) in [4.78, 5) is 20.5. The van der Waals surface area contributed by atoms with Gasteiger partial charge in [0.1, 0.15) is 17.8 Å². The van der Waals surface area contributed by atoms with E-state index in [2.05, 4.69) is 0 Å². The van der Waals surface area contributed by atoms with Gasteiger partial charge in [0.15, 0.2) is 5.16 Å². The van der Waals surface area contributed by atoms with Crippen LogP contribution in [0.25, 0.3) is 20.7 Å². The highest BCUT2D eigenvalue weighted by Gasteiger charge is 2.18. The molecule has 4 rings (SSSR count). The molecule has 0 saturated carbocycles. The number of hydrogen-bond acceptors (Lipinski definition) is 6. The Bertz CT molecular complexity index is 982. The van der Waals surface area contributed by atoms with Gasteiger partial charge in [-0.2, -0.15) is 0 Å². The van der Waals surface area contributed by atoms with Gasteiger partial charge in [-0.05, 0) is 11.6 Å². The van der Waals surface area contributed by atoms with Crippen molar-refractivity contribution in [1.82, 2.24) is 9.55 Å². The number of benzene rings is 1. The molecular weight excluding hydrogens is 394 g/mol. The second-order valence-electron chi connectivity index (χ2n) is 6.73. The molecule has 148 valence electrons. The summed E-state index contributed by atoms with van der Waals surface area (Å²) in [5.74, 6) is 0.526. The van der Waals surface area contributed by atoms with Crippen LogP contribution in [0.3, 0.4) is 0 Å². The number of rotatable bonds is 7. The first-order valence-corrected chi connectivity index (χ1v) is 11.3. The Morgan fingerprint density at radius 1 is 1.25 bits per heavy atom. The van der Waals surface area contributed by atoms with Crippen molar-refractivity contribution in [3.05, 3.63) is 46.8 Å². The van der Waals surface area contributed by atoms with E-state index >= 15 is 0 Å². The van der Waals surface area contributed by atoms with Crippen LogP contribution in [0.5, 0.6) is 0 Å². The number of morpholine rings is 1. The van der Waals surface area contributed by atoms with Crippen LogP contribution >= 0.6 is 23.1 Å². The zero-order chi connectivity index (χ0) is 19.3. The predicted molar refractivity (Wildman–Crippen MR) is 114 cm³/mol. The number of quaternary nitrogens is 1. The lowest BCUT2D eigenvalue weighted by Gasteiger charge is -2.24. The first kappa shape index (κ1) is 19.6. The molecule has 6 nitrogen and oxygen atoms in total. The van der Waals surface area contributed by atoms with Crippen molar-refractivity contribution >= 4 is 33.3 Å². The normalized spacial score (nSPS) is 15.3. The third-order valence-electron chi connectivity index (χ3n) is 4.87. The molecule has 0 spiro atoms. The summed E-state index contributed by atoms with van der Waals surface area (Å²) in [5, 5.41) is 9.93. The molecule has 0 radical (unpaired) electrons. The number of fused-ring (bicyclic) bond motifs is 1. The molecule has 1 saturated heterocycles. The molecule has 3 heterocycles. The first-order chi connectivity index (χ1) is 13.8. The van der Waals surface area contributed by atoms with E-state index < -0.39 is 0 Å². The Hall–Kier alpha value is -1.71. The van der Waals surface area contributed by atoms with Gasteiger partial charge in [-0.15, -0.1) is 11.3 Å². The van der Waals surface area contributed by atoms with Crippen molar-refractivity contribution in [1.29, 1.82) is 0 Å². The Balaban J connectivity index is 1.68. The number of nitrogens with one attached hydrogen (secondary N) is 1. The van der Waals surface area contributed by atoms with Gasteiger partial charge in [0.05, 0.1) is 38.4 Å². The van der Waals surface area contributed by atoms with Crippen LogP contribution in [0.1, 0.15) is 0 Å². The van der Waals surface area contributed by atoms with E-state index in [0.29, 0.717) is 22.2 Å². The number of thiophene rings is 1. The summed E-state index contributed by atoms with van der Waals surface area (Å²) in [6, 6.07) is 12.1. The monoisotopic (exact) mass is 418 g/mol. The summed E-state index contributed by atoms with van der Waals surface area (Å²) in [6.07, 6.45) is 0. The quantitative estimate of drug-likeness (QED) is 0.445. The van der Waals surface area contributed by atoms with Crippen molar-refractivity contribution in [2.75, 3.05) is 45.2 Å². The molecule has 2 aromatic heterocycles. The molecule has 8 heteroatoms. The third kappa shape index (κ3) is 4.31. The fourth-order valence-corrected chi connectivity index (χ4v) is 5.18. The molecule has 1 aliphatic heterocycles. The number of thioether (sulfide) groups is 1. The Kier molecular flexibility index (Phi) is 6.43. The fraction of sp³-hybridized carbons (Fsp3) is 0.400. The number of nitrogens with zero attached hydrogens (tertiary/aromatic N) is 2. The maximum atomic E-state index is 13.3. The van der Waals surface area contributed by atoms with Gasteiger partial charge in [-0.1, -0.05) is 42.1 Å². The molecule has 1 aromatic carbocycles. The maximum absolute atomic E-state index is 13.3. The number of aliphatic hydroxyl groups excluding tert-OH is 1. The molecular formula is C20H24N3O3S2+. The lowest BCUT2D eigenvalue weighted by Crippen LogP contribution is -3.14. The van der Waals surface area contributed by atoms with Crippen LogP contribution in [0.2, 0.25) is 0 Å². The van der Waals surface area contributed by atoms with E-state index in [1.54, 1.807) is 4.57 Å². The lowest BCUT2D eigenvalue weighted by atomic mass is 10.2. The summed E-state index contributed by atoms with van der Waals surface area (Å²) in [7, 11) is 0. The highest BCUT2D eigenvalue weighted by Crippen LogP contribution is 2.31. The molecule has 0 atom stereocenters. The van der Waals surface area contributed by atoms with E-state index in [4.69, 9.17) is 9.72 Å². The molecule has 1 aliphatic rings. The predicted octanol–water partition coefficient (Wildman–Crippen LogP) is 1.12. The zero-order valence-corrected chi connectivity index (χ0v) is 17.2. The van der Waals surface area contributed by atoms with E-state index in [-0.39, 0.29) is 12.2 Å². The number of aliphatic hydroxyl groups is 1. The van der Waals surface area contributed by atoms with E-state index in [1.807, 2.05) is 36.4 Å². The molecule has 0 amide bonds. The van der Waals surface area contributed by atoms with Crippen molar-refractivity contribution < 1.29 is 14.7 Å². The Morgan fingerprint density at radius 2 is 2.04 bits per heavy atom. The minimum absolute atomic E-state index is 0.0188.